The monoisotopic (exact) mass is 393 g/mol. The van der Waals surface area contributed by atoms with Crippen LogP contribution in [0.1, 0.15) is 15.9 Å². The lowest BCUT2D eigenvalue weighted by atomic mass is 10.1. The number of benzene rings is 2. The molecule has 8 heteroatoms. The molecule has 1 N–H and O–H groups in total. The minimum Gasteiger partial charge on any atom is -0.406 e. The number of aryl methyl sites for hydroxylation is 1. The molecule has 0 atom stereocenters. The van der Waals surface area contributed by atoms with E-state index in [0.717, 1.165) is 49.6 Å². The summed E-state index contributed by atoms with van der Waals surface area (Å²) in [7, 11) is 2.10. The lowest BCUT2D eigenvalue weighted by Gasteiger charge is -2.35. The van der Waals surface area contributed by atoms with Crippen molar-refractivity contribution in [1.82, 2.24) is 4.90 Å². The SMILES string of the molecule is Cc1cc(NC(=O)c2ccc(OC(F)(F)F)cc2)ccc1N1CCN(C)CC1. The van der Waals surface area contributed by atoms with E-state index in [1.165, 1.54) is 12.1 Å². The number of rotatable bonds is 4. The molecule has 0 aromatic heterocycles. The summed E-state index contributed by atoms with van der Waals surface area (Å²) >= 11 is 0. The molecule has 1 saturated heterocycles. The lowest BCUT2D eigenvalue weighted by molar-refractivity contribution is -0.274. The van der Waals surface area contributed by atoms with Gasteiger partial charge in [0.25, 0.3) is 5.91 Å². The molecule has 1 fully saturated rings. The van der Waals surface area contributed by atoms with Gasteiger partial charge in [0.2, 0.25) is 0 Å². The molecule has 5 nitrogen and oxygen atoms in total. The summed E-state index contributed by atoms with van der Waals surface area (Å²) in [6.45, 7) is 5.91. The Labute approximate surface area is 161 Å². The largest absolute Gasteiger partial charge is 0.573 e. The summed E-state index contributed by atoms with van der Waals surface area (Å²) in [5, 5.41) is 2.78. The molecular formula is C20H22F3N3O2. The molecule has 1 heterocycles. The summed E-state index contributed by atoms with van der Waals surface area (Å²) in [6, 6.07) is 10.5. The first-order valence-corrected chi connectivity index (χ1v) is 8.92. The number of hydrogen-bond donors (Lipinski definition) is 1. The van der Waals surface area contributed by atoms with Gasteiger partial charge in [0.1, 0.15) is 5.75 Å². The van der Waals surface area contributed by atoms with Crippen molar-refractivity contribution in [3.05, 3.63) is 53.6 Å². The van der Waals surface area contributed by atoms with Crippen LogP contribution in [0.3, 0.4) is 0 Å². The summed E-state index contributed by atoms with van der Waals surface area (Å²) < 4.78 is 40.4. The first kappa shape index (κ1) is 20.0. The number of nitrogens with zero attached hydrogens (tertiary/aromatic N) is 2. The van der Waals surface area contributed by atoms with Crippen LogP contribution in [0.5, 0.6) is 5.75 Å². The van der Waals surface area contributed by atoms with Gasteiger partial charge in [0.05, 0.1) is 0 Å². The number of halogens is 3. The van der Waals surface area contributed by atoms with Crippen molar-refractivity contribution in [2.75, 3.05) is 43.4 Å². The van der Waals surface area contributed by atoms with Crippen molar-refractivity contribution in [2.24, 2.45) is 0 Å². The van der Waals surface area contributed by atoms with Gasteiger partial charge < -0.3 is 19.9 Å². The predicted molar refractivity (Wildman–Crippen MR) is 102 cm³/mol. The van der Waals surface area contributed by atoms with Gasteiger partial charge in [-0.25, -0.2) is 0 Å². The molecule has 150 valence electrons. The number of piperazine rings is 1. The molecule has 0 aliphatic carbocycles. The van der Waals surface area contributed by atoms with Crippen LogP contribution >= 0.6 is 0 Å². The van der Waals surface area contributed by atoms with Crippen molar-refractivity contribution in [1.29, 1.82) is 0 Å². The van der Waals surface area contributed by atoms with Gasteiger partial charge in [-0.3, -0.25) is 4.79 Å². The highest BCUT2D eigenvalue weighted by Gasteiger charge is 2.31. The Balaban J connectivity index is 1.65. The zero-order valence-corrected chi connectivity index (χ0v) is 15.7. The number of anilines is 2. The zero-order chi connectivity index (χ0) is 20.3. The van der Waals surface area contributed by atoms with Crippen LogP contribution in [0.25, 0.3) is 0 Å². The van der Waals surface area contributed by atoms with E-state index in [0.29, 0.717) is 5.69 Å². The maximum Gasteiger partial charge on any atom is 0.573 e. The number of hydrogen-bond acceptors (Lipinski definition) is 4. The molecule has 0 bridgehead atoms. The number of amides is 1. The van der Waals surface area contributed by atoms with Gasteiger partial charge in [-0.1, -0.05) is 0 Å². The number of carbonyl (C=O) groups excluding carboxylic acids is 1. The molecule has 2 aromatic carbocycles. The van der Waals surface area contributed by atoms with Crippen LogP contribution in [0.4, 0.5) is 24.5 Å². The van der Waals surface area contributed by atoms with E-state index in [9.17, 15) is 18.0 Å². The van der Waals surface area contributed by atoms with Crippen molar-refractivity contribution in [3.8, 4) is 5.75 Å². The zero-order valence-electron chi connectivity index (χ0n) is 15.7. The third-order valence-corrected chi connectivity index (χ3v) is 4.65. The van der Waals surface area contributed by atoms with Crippen LogP contribution in [0.15, 0.2) is 42.5 Å². The van der Waals surface area contributed by atoms with Gasteiger partial charge in [-0.2, -0.15) is 0 Å². The predicted octanol–water partition coefficient (Wildman–Crippen LogP) is 3.90. The van der Waals surface area contributed by atoms with E-state index in [1.54, 1.807) is 0 Å². The maximum absolute atomic E-state index is 12.4. The number of likely N-dealkylation sites (N-methyl/N-ethyl adjacent to an activating group) is 1. The third-order valence-electron chi connectivity index (χ3n) is 4.65. The number of nitrogens with one attached hydrogen (secondary N) is 1. The summed E-state index contributed by atoms with van der Waals surface area (Å²) in [6.07, 6.45) is -4.76. The Bertz CT molecular complexity index is 830. The van der Waals surface area contributed by atoms with E-state index in [4.69, 9.17) is 0 Å². The molecule has 0 unspecified atom stereocenters. The van der Waals surface area contributed by atoms with Gasteiger partial charge in [-0.15, -0.1) is 13.2 Å². The fourth-order valence-electron chi connectivity index (χ4n) is 3.15. The first-order valence-electron chi connectivity index (χ1n) is 8.92. The average molecular weight is 393 g/mol. The second kappa shape index (κ2) is 8.10. The summed E-state index contributed by atoms with van der Waals surface area (Å²) in [5.41, 5.74) is 3.07. The Morgan fingerprint density at radius 3 is 2.25 bits per heavy atom. The van der Waals surface area contributed by atoms with Crippen molar-refractivity contribution in [2.45, 2.75) is 13.3 Å². The standard InChI is InChI=1S/C20H22F3N3O2/c1-14-13-16(5-8-18(14)26-11-9-25(2)10-12-26)24-19(27)15-3-6-17(7-4-15)28-20(21,22)23/h3-8,13H,9-12H2,1-2H3,(H,24,27). The third kappa shape index (κ3) is 5.16. The number of ether oxygens (including phenoxy) is 1. The van der Waals surface area contributed by atoms with E-state index in [2.05, 4.69) is 26.9 Å². The van der Waals surface area contributed by atoms with Gasteiger partial charge in [0.15, 0.2) is 0 Å². The molecule has 2 aromatic rings. The van der Waals surface area contributed by atoms with Gasteiger partial charge in [-0.05, 0) is 62.0 Å². The van der Waals surface area contributed by atoms with Crippen LogP contribution in [0.2, 0.25) is 0 Å². The van der Waals surface area contributed by atoms with Gasteiger partial charge >= 0.3 is 6.36 Å². The molecule has 1 amide bonds. The Hall–Kier alpha value is -2.74. The van der Waals surface area contributed by atoms with Crippen molar-refractivity contribution < 1.29 is 22.7 Å². The normalized spacial score (nSPS) is 15.4. The summed E-state index contributed by atoms with van der Waals surface area (Å²) in [4.78, 5) is 17.0. The topological polar surface area (TPSA) is 44.8 Å². The molecule has 28 heavy (non-hydrogen) atoms. The first-order chi connectivity index (χ1) is 13.2. The molecule has 1 aliphatic heterocycles. The van der Waals surface area contributed by atoms with E-state index in [-0.39, 0.29) is 11.3 Å². The average Bonchev–Trinajstić information content (AvgIpc) is 2.62. The van der Waals surface area contributed by atoms with Crippen LogP contribution < -0.4 is 15.0 Å². The smallest absolute Gasteiger partial charge is 0.406 e. The Kier molecular flexibility index (Phi) is 5.79. The van der Waals surface area contributed by atoms with Crippen LogP contribution in [0, 0.1) is 6.92 Å². The minimum atomic E-state index is -4.76. The van der Waals surface area contributed by atoms with E-state index >= 15 is 0 Å². The Morgan fingerprint density at radius 2 is 1.68 bits per heavy atom. The Morgan fingerprint density at radius 1 is 1.04 bits per heavy atom. The highest BCUT2D eigenvalue weighted by atomic mass is 19.4. The van der Waals surface area contributed by atoms with Crippen molar-refractivity contribution >= 4 is 17.3 Å². The highest BCUT2D eigenvalue weighted by Crippen LogP contribution is 2.26. The molecule has 1 aliphatic rings. The molecule has 0 spiro atoms. The van der Waals surface area contributed by atoms with Crippen LogP contribution in [-0.2, 0) is 0 Å². The highest BCUT2D eigenvalue weighted by molar-refractivity contribution is 6.04. The fourth-order valence-corrected chi connectivity index (χ4v) is 3.15. The maximum atomic E-state index is 12.4. The number of alkyl halides is 3. The van der Waals surface area contributed by atoms with Crippen LogP contribution in [-0.4, -0.2) is 50.4 Å². The molecule has 3 rings (SSSR count). The van der Waals surface area contributed by atoms with Crippen molar-refractivity contribution in [3.63, 3.8) is 0 Å². The lowest BCUT2D eigenvalue weighted by Crippen LogP contribution is -2.44. The molecule has 0 saturated carbocycles. The van der Waals surface area contributed by atoms with E-state index < -0.39 is 12.3 Å². The van der Waals surface area contributed by atoms with Gasteiger partial charge in [0, 0.05) is 43.1 Å². The minimum absolute atomic E-state index is 0.246. The molecule has 0 radical (unpaired) electrons. The second-order valence-electron chi connectivity index (χ2n) is 6.82. The second-order valence-corrected chi connectivity index (χ2v) is 6.82. The molecular weight excluding hydrogens is 371 g/mol. The summed E-state index contributed by atoms with van der Waals surface area (Å²) in [5.74, 6) is -0.762. The quantitative estimate of drug-likeness (QED) is 0.856. The fraction of sp³-hybridized carbons (Fsp3) is 0.350. The number of carbonyl (C=O) groups is 1. The van der Waals surface area contributed by atoms with E-state index in [1.807, 2.05) is 25.1 Å².